The molecule has 1 aromatic heterocycles. The van der Waals surface area contributed by atoms with Gasteiger partial charge in [-0.2, -0.15) is 0 Å². The molecule has 1 unspecified atom stereocenters. The zero-order valence-electron chi connectivity index (χ0n) is 7.45. The molecular formula is C9H10FNO2. The molecule has 3 nitrogen and oxygen atoms in total. The number of esters is 1. The molecule has 4 heteroatoms. The Bertz CT molecular complexity index is 314. The first-order chi connectivity index (χ1) is 6.16. The maximum atomic E-state index is 13.1. The first-order valence-electron chi connectivity index (χ1n) is 3.84. The van der Waals surface area contributed by atoms with Crippen LogP contribution in [0.3, 0.4) is 0 Å². The SMILES string of the molecule is COC(=O)C(C)c1ccncc1F. The van der Waals surface area contributed by atoms with Crippen LogP contribution in [-0.4, -0.2) is 18.1 Å². The molecule has 0 bridgehead atoms. The number of carbonyl (C=O) groups is 1. The van der Waals surface area contributed by atoms with E-state index in [2.05, 4.69) is 9.72 Å². The molecule has 1 heterocycles. The molecule has 1 rings (SSSR count). The van der Waals surface area contributed by atoms with Crippen LogP contribution < -0.4 is 0 Å². The number of carbonyl (C=O) groups excluding carboxylic acids is 1. The highest BCUT2D eigenvalue weighted by molar-refractivity contribution is 5.77. The van der Waals surface area contributed by atoms with Gasteiger partial charge in [0.15, 0.2) is 0 Å². The summed E-state index contributed by atoms with van der Waals surface area (Å²) < 4.78 is 17.6. The third-order valence-electron chi connectivity index (χ3n) is 1.83. The zero-order valence-corrected chi connectivity index (χ0v) is 7.45. The van der Waals surface area contributed by atoms with Crippen LogP contribution in [0.5, 0.6) is 0 Å². The Kier molecular flexibility index (Phi) is 2.95. The van der Waals surface area contributed by atoms with E-state index in [1.54, 1.807) is 6.92 Å². The van der Waals surface area contributed by atoms with Gasteiger partial charge in [0.2, 0.25) is 0 Å². The second-order valence-electron chi connectivity index (χ2n) is 2.64. The molecule has 0 fully saturated rings. The summed E-state index contributed by atoms with van der Waals surface area (Å²) in [6.07, 6.45) is 2.52. The Labute approximate surface area is 75.6 Å². The highest BCUT2D eigenvalue weighted by Gasteiger charge is 2.18. The standard InChI is InChI=1S/C9H10FNO2/c1-6(9(12)13-2)7-3-4-11-5-8(7)10/h3-6H,1-2H3. The lowest BCUT2D eigenvalue weighted by Crippen LogP contribution is -2.12. The Hall–Kier alpha value is -1.45. The predicted molar refractivity (Wildman–Crippen MR) is 44.6 cm³/mol. The van der Waals surface area contributed by atoms with Crippen molar-refractivity contribution in [3.63, 3.8) is 0 Å². The number of hydrogen-bond acceptors (Lipinski definition) is 3. The number of ether oxygens (including phenoxy) is 1. The lowest BCUT2D eigenvalue weighted by molar-refractivity contribution is -0.142. The van der Waals surface area contributed by atoms with E-state index in [0.717, 1.165) is 6.20 Å². The van der Waals surface area contributed by atoms with Gasteiger partial charge in [-0.25, -0.2) is 4.39 Å². The molecule has 0 saturated heterocycles. The van der Waals surface area contributed by atoms with Crippen LogP contribution in [0.2, 0.25) is 0 Å². The molecule has 0 radical (unpaired) electrons. The fourth-order valence-corrected chi connectivity index (χ4v) is 1.04. The largest absolute Gasteiger partial charge is 0.469 e. The van der Waals surface area contributed by atoms with Gasteiger partial charge in [-0.05, 0) is 13.0 Å². The van der Waals surface area contributed by atoms with Gasteiger partial charge in [0, 0.05) is 11.8 Å². The summed E-state index contributed by atoms with van der Waals surface area (Å²) in [6.45, 7) is 1.59. The smallest absolute Gasteiger partial charge is 0.312 e. The Morgan fingerprint density at radius 3 is 2.92 bits per heavy atom. The Morgan fingerprint density at radius 2 is 2.38 bits per heavy atom. The number of hydrogen-bond donors (Lipinski definition) is 0. The van der Waals surface area contributed by atoms with Crippen molar-refractivity contribution in [2.75, 3.05) is 7.11 Å². The minimum Gasteiger partial charge on any atom is -0.469 e. The van der Waals surface area contributed by atoms with E-state index in [1.165, 1.54) is 19.4 Å². The monoisotopic (exact) mass is 183 g/mol. The average Bonchev–Trinajstić information content (AvgIpc) is 2.16. The molecule has 0 aliphatic heterocycles. The summed E-state index contributed by atoms with van der Waals surface area (Å²) in [7, 11) is 1.28. The van der Waals surface area contributed by atoms with Crippen LogP contribution in [0.25, 0.3) is 0 Å². The van der Waals surface area contributed by atoms with Gasteiger partial charge < -0.3 is 4.74 Å². The number of aromatic nitrogens is 1. The quantitative estimate of drug-likeness (QED) is 0.652. The van der Waals surface area contributed by atoms with Crippen molar-refractivity contribution in [3.8, 4) is 0 Å². The van der Waals surface area contributed by atoms with Crippen LogP contribution in [-0.2, 0) is 9.53 Å². The number of rotatable bonds is 2. The third-order valence-corrected chi connectivity index (χ3v) is 1.83. The van der Waals surface area contributed by atoms with Crippen LogP contribution >= 0.6 is 0 Å². The lowest BCUT2D eigenvalue weighted by atomic mass is 10.0. The molecule has 0 aliphatic carbocycles. The van der Waals surface area contributed by atoms with Crippen LogP contribution in [0.1, 0.15) is 18.4 Å². The second kappa shape index (κ2) is 3.98. The molecule has 70 valence electrons. The van der Waals surface area contributed by atoms with E-state index in [0.29, 0.717) is 5.56 Å². The Balaban J connectivity index is 2.95. The van der Waals surface area contributed by atoms with Crippen molar-refractivity contribution in [1.82, 2.24) is 4.98 Å². The van der Waals surface area contributed by atoms with E-state index in [-0.39, 0.29) is 0 Å². The number of nitrogens with zero attached hydrogens (tertiary/aromatic N) is 1. The van der Waals surface area contributed by atoms with Crippen molar-refractivity contribution < 1.29 is 13.9 Å². The number of methoxy groups -OCH3 is 1. The van der Waals surface area contributed by atoms with Gasteiger partial charge in [0.05, 0.1) is 19.2 Å². The highest BCUT2D eigenvalue weighted by Crippen LogP contribution is 2.18. The topological polar surface area (TPSA) is 39.2 Å². The molecular weight excluding hydrogens is 173 g/mol. The van der Waals surface area contributed by atoms with Gasteiger partial charge >= 0.3 is 5.97 Å². The minimum atomic E-state index is -0.590. The fraction of sp³-hybridized carbons (Fsp3) is 0.333. The van der Waals surface area contributed by atoms with Gasteiger partial charge in [0.1, 0.15) is 5.82 Å². The van der Waals surface area contributed by atoms with Crippen molar-refractivity contribution in [1.29, 1.82) is 0 Å². The first-order valence-corrected chi connectivity index (χ1v) is 3.84. The molecule has 0 spiro atoms. The molecule has 0 saturated carbocycles. The first kappa shape index (κ1) is 9.64. The summed E-state index contributed by atoms with van der Waals surface area (Å²) in [5, 5.41) is 0. The summed E-state index contributed by atoms with van der Waals surface area (Å²) in [5.74, 6) is -1.53. The lowest BCUT2D eigenvalue weighted by Gasteiger charge is -2.09. The molecule has 1 aromatic rings. The van der Waals surface area contributed by atoms with E-state index >= 15 is 0 Å². The fourth-order valence-electron chi connectivity index (χ4n) is 1.04. The maximum Gasteiger partial charge on any atom is 0.312 e. The molecule has 0 aliphatic rings. The normalized spacial score (nSPS) is 12.2. The summed E-state index contributed by atoms with van der Waals surface area (Å²) in [5.41, 5.74) is 0.307. The number of halogens is 1. The number of pyridine rings is 1. The van der Waals surface area contributed by atoms with E-state index in [9.17, 15) is 9.18 Å². The minimum absolute atomic E-state index is 0.307. The molecule has 13 heavy (non-hydrogen) atoms. The van der Waals surface area contributed by atoms with E-state index in [4.69, 9.17) is 0 Å². The van der Waals surface area contributed by atoms with Crippen LogP contribution in [0.4, 0.5) is 4.39 Å². The van der Waals surface area contributed by atoms with E-state index < -0.39 is 17.7 Å². The highest BCUT2D eigenvalue weighted by atomic mass is 19.1. The van der Waals surface area contributed by atoms with Gasteiger partial charge in [-0.15, -0.1) is 0 Å². The van der Waals surface area contributed by atoms with Crippen molar-refractivity contribution in [2.45, 2.75) is 12.8 Å². The third kappa shape index (κ3) is 2.02. The zero-order chi connectivity index (χ0) is 9.84. The molecule has 0 aromatic carbocycles. The van der Waals surface area contributed by atoms with Gasteiger partial charge in [-0.3, -0.25) is 9.78 Å². The van der Waals surface area contributed by atoms with Crippen molar-refractivity contribution in [2.24, 2.45) is 0 Å². The maximum absolute atomic E-state index is 13.1. The summed E-state index contributed by atoms with van der Waals surface area (Å²) in [4.78, 5) is 14.6. The van der Waals surface area contributed by atoms with E-state index in [1.807, 2.05) is 0 Å². The van der Waals surface area contributed by atoms with Crippen LogP contribution in [0.15, 0.2) is 18.5 Å². The van der Waals surface area contributed by atoms with Gasteiger partial charge in [-0.1, -0.05) is 0 Å². The molecule has 1 atom stereocenters. The summed E-state index contributed by atoms with van der Waals surface area (Å²) in [6, 6.07) is 1.47. The summed E-state index contributed by atoms with van der Waals surface area (Å²) >= 11 is 0. The van der Waals surface area contributed by atoms with Gasteiger partial charge in [0.25, 0.3) is 0 Å². The van der Waals surface area contributed by atoms with Crippen molar-refractivity contribution >= 4 is 5.97 Å². The second-order valence-corrected chi connectivity index (χ2v) is 2.64. The predicted octanol–water partition coefficient (Wildman–Crippen LogP) is 1.50. The molecule has 0 N–H and O–H groups in total. The van der Waals surface area contributed by atoms with Crippen LogP contribution in [0, 0.1) is 5.82 Å². The van der Waals surface area contributed by atoms with Crippen molar-refractivity contribution in [3.05, 3.63) is 29.8 Å². The average molecular weight is 183 g/mol. The molecule has 0 amide bonds. The Morgan fingerprint density at radius 1 is 1.69 bits per heavy atom.